The molecule has 6 nitrogen and oxygen atoms in total. The van der Waals surface area contributed by atoms with Gasteiger partial charge in [-0.25, -0.2) is 4.39 Å². The maximum atomic E-state index is 14.0. The van der Waals surface area contributed by atoms with Crippen LogP contribution in [-0.2, 0) is 9.53 Å². The summed E-state index contributed by atoms with van der Waals surface area (Å²) in [5.74, 6) is -0.339. The lowest BCUT2D eigenvalue weighted by molar-refractivity contribution is -0.123. The maximum absolute atomic E-state index is 14.0. The molecule has 1 fully saturated rings. The minimum Gasteiger partial charge on any atom is -0.493 e. The Morgan fingerprint density at radius 1 is 1.36 bits per heavy atom. The van der Waals surface area contributed by atoms with Crippen molar-refractivity contribution in [3.63, 3.8) is 0 Å². The topological polar surface area (TPSA) is 68.8 Å². The van der Waals surface area contributed by atoms with Gasteiger partial charge in [-0.05, 0) is 6.92 Å². The van der Waals surface area contributed by atoms with E-state index >= 15 is 0 Å². The summed E-state index contributed by atoms with van der Waals surface area (Å²) in [4.78, 5) is 12.2. The van der Waals surface area contributed by atoms with Crippen LogP contribution in [0.3, 0.4) is 0 Å². The molecule has 22 heavy (non-hydrogen) atoms. The average Bonchev–Trinajstić information content (AvgIpc) is 2.49. The minimum absolute atomic E-state index is 0. The van der Waals surface area contributed by atoms with Crippen LogP contribution < -0.4 is 20.1 Å². The minimum atomic E-state index is -0.592. The van der Waals surface area contributed by atoms with Crippen molar-refractivity contribution in [1.82, 2.24) is 5.32 Å². The van der Waals surface area contributed by atoms with Gasteiger partial charge < -0.3 is 24.8 Å². The van der Waals surface area contributed by atoms with Crippen molar-refractivity contribution < 1.29 is 23.4 Å². The SMILES string of the molecule is COc1cc(F)c(NC(=O)[C@H]2NCCO[C@@H]2C)cc1OC.Cl. The predicted octanol–water partition coefficient (Wildman–Crippen LogP) is 1.58. The number of carbonyl (C=O) groups is 1. The Labute approximate surface area is 134 Å². The molecule has 0 bridgehead atoms. The molecule has 1 amide bonds. The number of nitrogens with one attached hydrogen (secondary N) is 2. The normalized spacial score (nSPS) is 20.7. The van der Waals surface area contributed by atoms with Crippen LogP contribution in [0.1, 0.15) is 6.92 Å². The van der Waals surface area contributed by atoms with Crippen LogP contribution in [0.25, 0.3) is 0 Å². The largest absolute Gasteiger partial charge is 0.493 e. The highest BCUT2D eigenvalue weighted by Gasteiger charge is 2.29. The molecule has 124 valence electrons. The third-order valence-corrected chi connectivity index (χ3v) is 3.33. The second-order valence-corrected chi connectivity index (χ2v) is 4.68. The van der Waals surface area contributed by atoms with E-state index in [9.17, 15) is 9.18 Å². The summed E-state index contributed by atoms with van der Waals surface area (Å²) in [6, 6.07) is 2.04. The van der Waals surface area contributed by atoms with E-state index in [2.05, 4.69) is 10.6 Å². The average molecular weight is 335 g/mol. The number of morpholine rings is 1. The van der Waals surface area contributed by atoms with E-state index in [-0.39, 0.29) is 35.9 Å². The van der Waals surface area contributed by atoms with Crippen LogP contribution in [0.2, 0.25) is 0 Å². The highest BCUT2D eigenvalue weighted by Crippen LogP contribution is 2.32. The Morgan fingerprint density at radius 3 is 2.59 bits per heavy atom. The summed E-state index contributed by atoms with van der Waals surface area (Å²) in [6.07, 6.45) is -0.276. The van der Waals surface area contributed by atoms with Crippen LogP contribution in [0.4, 0.5) is 10.1 Å². The van der Waals surface area contributed by atoms with Crippen molar-refractivity contribution in [2.24, 2.45) is 0 Å². The number of methoxy groups -OCH3 is 2. The van der Waals surface area contributed by atoms with Crippen LogP contribution in [0.15, 0.2) is 12.1 Å². The summed E-state index contributed by atoms with van der Waals surface area (Å²) in [5.41, 5.74) is 0.0391. The van der Waals surface area contributed by atoms with Gasteiger partial charge in [-0.15, -0.1) is 12.4 Å². The highest BCUT2D eigenvalue weighted by atomic mass is 35.5. The second kappa shape index (κ2) is 8.17. The van der Waals surface area contributed by atoms with E-state index in [1.54, 1.807) is 6.92 Å². The Bertz CT molecular complexity index is 530. The Kier molecular flexibility index (Phi) is 6.86. The lowest BCUT2D eigenvalue weighted by atomic mass is 10.1. The van der Waals surface area contributed by atoms with Gasteiger partial charge in [-0.2, -0.15) is 0 Å². The number of halogens is 2. The van der Waals surface area contributed by atoms with Crippen molar-refractivity contribution in [3.05, 3.63) is 17.9 Å². The molecule has 0 spiro atoms. The molecule has 0 saturated carbocycles. The number of benzene rings is 1. The van der Waals surface area contributed by atoms with E-state index in [0.717, 1.165) is 0 Å². The van der Waals surface area contributed by atoms with Gasteiger partial charge >= 0.3 is 0 Å². The third kappa shape index (κ3) is 4.00. The molecule has 0 radical (unpaired) electrons. The van der Waals surface area contributed by atoms with Crippen molar-refractivity contribution in [1.29, 1.82) is 0 Å². The Balaban J connectivity index is 0.00000242. The van der Waals surface area contributed by atoms with Gasteiger partial charge in [0, 0.05) is 18.7 Å². The molecule has 1 heterocycles. The van der Waals surface area contributed by atoms with Gasteiger partial charge in [0.25, 0.3) is 0 Å². The summed E-state index contributed by atoms with van der Waals surface area (Å²) in [6.45, 7) is 2.92. The molecule has 1 aromatic carbocycles. The molecule has 0 unspecified atom stereocenters. The molecular formula is C14H20ClFN2O4. The van der Waals surface area contributed by atoms with Crippen LogP contribution in [-0.4, -0.2) is 45.4 Å². The first kappa shape index (κ1) is 18.5. The standard InChI is InChI=1S/C14H19FN2O4.ClH/c1-8-13(16-4-5-21-8)14(18)17-10-7-12(20-3)11(19-2)6-9(10)15;/h6-8,13,16H,4-5H2,1-3H3,(H,17,18);1H/t8-,13+;/m1./s1. The van der Waals surface area contributed by atoms with Crippen molar-refractivity contribution in [2.75, 3.05) is 32.7 Å². The Hall–Kier alpha value is -1.57. The molecule has 1 aliphatic rings. The van der Waals surface area contributed by atoms with E-state index < -0.39 is 11.9 Å². The first-order valence-electron chi connectivity index (χ1n) is 6.64. The summed E-state index contributed by atoms with van der Waals surface area (Å²) >= 11 is 0. The molecule has 0 aromatic heterocycles. The first-order valence-corrected chi connectivity index (χ1v) is 6.64. The molecule has 2 N–H and O–H groups in total. The van der Waals surface area contributed by atoms with E-state index in [4.69, 9.17) is 14.2 Å². The predicted molar refractivity (Wildman–Crippen MR) is 82.6 cm³/mol. The summed E-state index contributed by atoms with van der Waals surface area (Å²) < 4.78 is 29.5. The summed E-state index contributed by atoms with van der Waals surface area (Å²) in [5, 5.41) is 5.59. The van der Waals surface area contributed by atoms with Crippen molar-refractivity contribution in [2.45, 2.75) is 19.1 Å². The summed E-state index contributed by atoms with van der Waals surface area (Å²) in [7, 11) is 2.86. The number of carbonyl (C=O) groups excluding carboxylic acids is 1. The Morgan fingerprint density at radius 2 is 2.00 bits per heavy atom. The number of amides is 1. The fraction of sp³-hybridized carbons (Fsp3) is 0.500. The molecule has 0 aliphatic carbocycles. The number of rotatable bonds is 4. The second-order valence-electron chi connectivity index (χ2n) is 4.68. The van der Waals surface area contributed by atoms with Crippen LogP contribution >= 0.6 is 12.4 Å². The first-order chi connectivity index (χ1) is 10.1. The van der Waals surface area contributed by atoms with Gasteiger partial charge in [-0.3, -0.25) is 4.79 Å². The van der Waals surface area contributed by atoms with E-state index in [0.29, 0.717) is 18.9 Å². The zero-order valence-corrected chi connectivity index (χ0v) is 13.5. The van der Waals surface area contributed by atoms with Gasteiger partial charge in [0.2, 0.25) is 5.91 Å². The lowest BCUT2D eigenvalue weighted by Crippen LogP contribution is -2.53. The number of hydrogen-bond donors (Lipinski definition) is 2. The van der Waals surface area contributed by atoms with Gasteiger partial charge in [0.15, 0.2) is 17.3 Å². The smallest absolute Gasteiger partial charge is 0.244 e. The molecule has 2 rings (SSSR count). The lowest BCUT2D eigenvalue weighted by Gasteiger charge is -2.29. The molecule has 1 saturated heterocycles. The molecule has 1 aromatic rings. The van der Waals surface area contributed by atoms with Crippen molar-refractivity contribution in [3.8, 4) is 11.5 Å². The van der Waals surface area contributed by atoms with Crippen LogP contribution in [0, 0.1) is 5.82 Å². The highest BCUT2D eigenvalue weighted by molar-refractivity contribution is 5.95. The van der Waals surface area contributed by atoms with Gasteiger partial charge in [-0.1, -0.05) is 0 Å². The zero-order valence-electron chi connectivity index (χ0n) is 12.6. The molecular weight excluding hydrogens is 315 g/mol. The number of hydrogen-bond acceptors (Lipinski definition) is 5. The molecule has 1 aliphatic heterocycles. The monoisotopic (exact) mass is 334 g/mol. The van der Waals surface area contributed by atoms with Crippen LogP contribution in [0.5, 0.6) is 11.5 Å². The van der Waals surface area contributed by atoms with Crippen molar-refractivity contribution >= 4 is 24.0 Å². The fourth-order valence-electron chi connectivity index (χ4n) is 2.19. The van der Waals surface area contributed by atoms with Gasteiger partial charge in [0.1, 0.15) is 6.04 Å². The maximum Gasteiger partial charge on any atom is 0.244 e. The third-order valence-electron chi connectivity index (χ3n) is 3.33. The fourth-order valence-corrected chi connectivity index (χ4v) is 2.19. The zero-order chi connectivity index (χ0) is 15.4. The molecule has 2 atom stereocenters. The molecule has 8 heteroatoms. The van der Waals surface area contributed by atoms with E-state index in [1.165, 1.54) is 26.4 Å². The van der Waals surface area contributed by atoms with Gasteiger partial charge in [0.05, 0.1) is 32.6 Å². The van der Waals surface area contributed by atoms with E-state index in [1.807, 2.05) is 0 Å². The number of anilines is 1. The quantitative estimate of drug-likeness (QED) is 0.875. The number of ether oxygens (including phenoxy) is 3.